The Morgan fingerprint density at radius 3 is 3.08 bits per heavy atom. The van der Waals surface area contributed by atoms with Crippen molar-refractivity contribution in [2.75, 3.05) is 5.33 Å². The predicted octanol–water partition coefficient (Wildman–Crippen LogP) is 0.431. The maximum Gasteiger partial charge on any atom is 0.230 e. The van der Waals surface area contributed by atoms with Gasteiger partial charge in [0.2, 0.25) is 5.91 Å². The molecule has 66 valence electrons. The Kier molecular flexibility index (Phi) is 3.28. The van der Waals surface area contributed by atoms with Crippen LogP contribution in [0.5, 0.6) is 0 Å². The Labute approximate surface area is 79.1 Å². The lowest BCUT2D eigenvalue weighted by Crippen LogP contribution is -2.23. The number of aromatic nitrogens is 2. The summed E-state index contributed by atoms with van der Waals surface area (Å²) in [6, 6.07) is 1.87. The molecule has 0 saturated carbocycles. The summed E-state index contributed by atoms with van der Waals surface area (Å²) < 4.78 is 1.70. The lowest BCUT2D eigenvalue weighted by molar-refractivity contribution is -0.118. The van der Waals surface area contributed by atoms with Gasteiger partial charge in [-0.25, -0.2) is 0 Å². The van der Waals surface area contributed by atoms with Crippen molar-refractivity contribution in [1.82, 2.24) is 15.1 Å². The van der Waals surface area contributed by atoms with Crippen LogP contribution in [-0.2, 0) is 18.4 Å². The van der Waals surface area contributed by atoms with Gasteiger partial charge in [-0.1, -0.05) is 15.9 Å². The van der Waals surface area contributed by atoms with Crippen LogP contribution in [0.25, 0.3) is 0 Å². The Hall–Kier alpha value is -0.840. The number of carbonyl (C=O) groups is 1. The van der Waals surface area contributed by atoms with Gasteiger partial charge in [0.05, 0.1) is 17.6 Å². The van der Waals surface area contributed by atoms with Crippen molar-refractivity contribution in [1.29, 1.82) is 0 Å². The van der Waals surface area contributed by atoms with Crippen LogP contribution in [0, 0.1) is 0 Å². The summed E-state index contributed by atoms with van der Waals surface area (Å²) in [4.78, 5) is 10.8. The summed E-state index contributed by atoms with van der Waals surface area (Å²) in [5.74, 6) is -0.0272. The molecule has 5 heteroatoms. The molecular weight excluding hydrogens is 222 g/mol. The number of hydrogen-bond donors (Lipinski definition) is 1. The van der Waals surface area contributed by atoms with Crippen molar-refractivity contribution in [2.45, 2.75) is 6.54 Å². The molecule has 0 saturated heterocycles. The van der Waals surface area contributed by atoms with Crippen LogP contribution in [0.4, 0.5) is 0 Å². The highest BCUT2D eigenvalue weighted by molar-refractivity contribution is 9.09. The maximum atomic E-state index is 10.8. The first kappa shape index (κ1) is 9.25. The third-order valence-corrected chi connectivity index (χ3v) is 1.87. The lowest BCUT2D eigenvalue weighted by Gasteiger charge is -1.98. The van der Waals surface area contributed by atoms with E-state index in [2.05, 4.69) is 26.3 Å². The standard InChI is InChI=1S/C7H10BrN3O/c1-11-3-2-6(10-11)5-9-7(12)4-8/h2-3H,4-5H2,1H3,(H,9,12). The molecule has 1 aromatic heterocycles. The summed E-state index contributed by atoms with van der Waals surface area (Å²) in [5, 5.41) is 7.14. The van der Waals surface area contributed by atoms with E-state index in [9.17, 15) is 4.79 Å². The minimum atomic E-state index is -0.0272. The molecule has 1 amide bonds. The molecule has 0 aromatic carbocycles. The fraction of sp³-hybridized carbons (Fsp3) is 0.429. The average molecular weight is 232 g/mol. The highest BCUT2D eigenvalue weighted by Crippen LogP contribution is 1.92. The van der Waals surface area contributed by atoms with Crippen LogP contribution >= 0.6 is 15.9 Å². The van der Waals surface area contributed by atoms with Gasteiger partial charge in [-0.15, -0.1) is 0 Å². The van der Waals surface area contributed by atoms with Crippen molar-refractivity contribution in [3.05, 3.63) is 18.0 Å². The topological polar surface area (TPSA) is 46.9 Å². The monoisotopic (exact) mass is 231 g/mol. The first-order chi connectivity index (χ1) is 5.72. The summed E-state index contributed by atoms with van der Waals surface area (Å²) >= 11 is 3.06. The molecule has 0 fully saturated rings. The van der Waals surface area contributed by atoms with Gasteiger partial charge in [-0.3, -0.25) is 9.48 Å². The zero-order valence-electron chi connectivity index (χ0n) is 6.75. The summed E-state index contributed by atoms with van der Waals surface area (Å²) in [5.41, 5.74) is 0.867. The van der Waals surface area contributed by atoms with E-state index in [1.807, 2.05) is 19.3 Å². The molecule has 0 bridgehead atoms. The number of hydrogen-bond acceptors (Lipinski definition) is 2. The molecule has 0 aliphatic carbocycles. The first-order valence-corrected chi connectivity index (χ1v) is 4.65. The lowest BCUT2D eigenvalue weighted by atomic mass is 10.4. The van der Waals surface area contributed by atoms with Crippen LogP contribution in [0.1, 0.15) is 5.69 Å². The van der Waals surface area contributed by atoms with Crippen LogP contribution < -0.4 is 5.32 Å². The van der Waals surface area contributed by atoms with E-state index in [4.69, 9.17) is 0 Å². The van der Waals surface area contributed by atoms with Crippen molar-refractivity contribution in [3.8, 4) is 0 Å². The van der Waals surface area contributed by atoms with E-state index in [1.54, 1.807) is 4.68 Å². The quantitative estimate of drug-likeness (QED) is 0.768. The molecule has 1 aromatic rings. The van der Waals surface area contributed by atoms with Gasteiger partial charge >= 0.3 is 0 Å². The molecule has 1 rings (SSSR count). The number of nitrogens with zero attached hydrogens (tertiary/aromatic N) is 2. The molecule has 0 aliphatic heterocycles. The first-order valence-electron chi connectivity index (χ1n) is 3.53. The molecule has 4 nitrogen and oxygen atoms in total. The molecule has 0 radical (unpaired) electrons. The van der Waals surface area contributed by atoms with E-state index in [1.165, 1.54) is 0 Å². The van der Waals surface area contributed by atoms with Gasteiger partial charge in [0, 0.05) is 13.2 Å². The third kappa shape index (κ3) is 2.65. The third-order valence-electron chi connectivity index (χ3n) is 1.36. The second-order valence-corrected chi connectivity index (χ2v) is 2.95. The van der Waals surface area contributed by atoms with E-state index < -0.39 is 0 Å². The highest BCUT2D eigenvalue weighted by Gasteiger charge is 1.99. The number of alkyl halides is 1. The van der Waals surface area contributed by atoms with Gasteiger partial charge in [0.25, 0.3) is 0 Å². The maximum absolute atomic E-state index is 10.8. The normalized spacial score (nSPS) is 9.83. The van der Waals surface area contributed by atoms with Crippen molar-refractivity contribution >= 4 is 21.8 Å². The minimum absolute atomic E-state index is 0.0272. The Balaban J connectivity index is 2.38. The summed E-state index contributed by atoms with van der Waals surface area (Å²) in [7, 11) is 1.84. The van der Waals surface area contributed by atoms with Crippen molar-refractivity contribution in [3.63, 3.8) is 0 Å². The van der Waals surface area contributed by atoms with Crippen LogP contribution in [0.2, 0.25) is 0 Å². The Bertz CT molecular complexity index is 271. The summed E-state index contributed by atoms with van der Waals surface area (Å²) in [6.45, 7) is 0.491. The average Bonchev–Trinajstić information content (AvgIpc) is 2.47. The van der Waals surface area contributed by atoms with Crippen LogP contribution in [-0.4, -0.2) is 21.0 Å². The van der Waals surface area contributed by atoms with Gasteiger partial charge in [-0.2, -0.15) is 5.10 Å². The molecular formula is C7H10BrN3O. The van der Waals surface area contributed by atoms with E-state index in [0.29, 0.717) is 11.9 Å². The fourth-order valence-electron chi connectivity index (χ4n) is 0.794. The van der Waals surface area contributed by atoms with Crippen LogP contribution in [0.15, 0.2) is 12.3 Å². The second kappa shape index (κ2) is 4.25. The largest absolute Gasteiger partial charge is 0.350 e. The molecule has 0 spiro atoms. The minimum Gasteiger partial charge on any atom is -0.350 e. The van der Waals surface area contributed by atoms with Crippen LogP contribution in [0.3, 0.4) is 0 Å². The number of amides is 1. The van der Waals surface area contributed by atoms with E-state index in [-0.39, 0.29) is 5.91 Å². The molecule has 1 heterocycles. The zero-order chi connectivity index (χ0) is 8.97. The van der Waals surface area contributed by atoms with Gasteiger partial charge in [0.1, 0.15) is 0 Å². The molecule has 12 heavy (non-hydrogen) atoms. The molecule has 0 unspecified atom stereocenters. The van der Waals surface area contributed by atoms with Crippen molar-refractivity contribution in [2.24, 2.45) is 7.05 Å². The Morgan fingerprint density at radius 1 is 1.83 bits per heavy atom. The number of halogens is 1. The molecule has 0 atom stereocenters. The number of aryl methyl sites for hydroxylation is 1. The van der Waals surface area contributed by atoms with Gasteiger partial charge in [0.15, 0.2) is 0 Å². The smallest absolute Gasteiger partial charge is 0.230 e. The second-order valence-electron chi connectivity index (χ2n) is 2.39. The molecule has 1 N–H and O–H groups in total. The van der Waals surface area contributed by atoms with E-state index >= 15 is 0 Å². The van der Waals surface area contributed by atoms with Gasteiger partial charge in [-0.05, 0) is 6.07 Å². The van der Waals surface area contributed by atoms with Crippen molar-refractivity contribution < 1.29 is 4.79 Å². The number of rotatable bonds is 3. The SMILES string of the molecule is Cn1ccc(CNC(=O)CBr)n1. The number of carbonyl (C=O) groups excluding carboxylic acids is 1. The number of nitrogens with one attached hydrogen (secondary N) is 1. The van der Waals surface area contributed by atoms with Gasteiger partial charge < -0.3 is 5.32 Å². The molecule has 0 aliphatic rings. The highest BCUT2D eigenvalue weighted by atomic mass is 79.9. The Morgan fingerprint density at radius 2 is 2.58 bits per heavy atom. The van der Waals surface area contributed by atoms with E-state index in [0.717, 1.165) is 5.69 Å². The summed E-state index contributed by atoms with van der Waals surface area (Å²) in [6.07, 6.45) is 1.84. The fourth-order valence-corrected chi connectivity index (χ4v) is 0.992. The predicted molar refractivity (Wildman–Crippen MR) is 48.8 cm³/mol. The zero-order valence-corrected chi connectivity index (χ0v) is 8.34.